The summed E-state index contributed by atoms with van der Waals surface area (Å²) in [5.74, 6) is -1.93. The number of hydrogen-bond acceptors (Lipinski definition) is 4. The molecule has 0 radical (unpaired) electrons. The number of benzene rings is 1. The van der Waals surface area contributed by atoms with Gasteiger partial charge in [0.2, 0.25) is 0 Å². The van der Waals surface area contributed by atoms with E-state index in [0.717, 1.165) is 6.42 Å². The Bertz CT molecular complexity index is 778. The van der Waals surface area contributed by atoms with Gasteiger partial charge < -0.3 is 15.0 Å². The molecule has 0 spiro atoms. The Hall–Kier alpha value is -2.89. The predicted octanol–water partition coefficient (Wildman–Crippen LogP) is 2.88. The predicted molar refractivity (Wildman–Crippen MR) is 94.6 cm³/mol. The number of ketones is 1. The number of nitrogens with one attached hydrogen (secondary N) is 2. The van der Waals surface area contributed by atoms with Crippen LogP contribution in [-0.4, -0.2) is 35.8 Å². The normalized spacial score (nSPS) is 10.4. The van der Waals surface area contributed by atoms with Crippen molar-refractivity contribution in [3.05, 3.63) is 47.3 Å². The van der Waals surface area contributed by atoms with Crippen LogP contribution in [0.5, 0.6) is 0 Å². The molecule has 2 rings (SSSR count). The molecular weight excluding hydrogens is 320 g/mol. The van der Waals surface area contributed by atoms with Gasteiger partial charge in [0.1, 0.15) is 5.69 Å². The van der Waals surface area contributed by atoms with Gasteiger partial charge in [-0.05, 0) is 25.8 Å². The third-order valence-electron chi connectivity index (χ3n) is 3.70. The van der Waals surface area contributed by atoms with E-state index >= 15 is 0 Å². The minimum Gasteiger partial charge on any atom is -0.462 e. The molecule has 0 bridgehead atoms. The van der Waals surface area contributed by atoms with Gasteiger partial charge in [-0.3, -0.25) is 9.59 Å². The lowest BCUT2D eigenvalue weighted by molar-refractivity contribution is -0.117. The van der Waals surface area contributed by atoms with Gasteiger partial charge in [0.05, 0.1) is 12.2 Å². The number of amides is 1. The van der Waals surface area contributed by atoms with E-state index < -0.39 is 17.7 Å². The number of carbonyl (C=O) groups is 3. The summed E-state index contributed by atoms with van der Waals surface area (Å²) in [6.45, 7) is 5.93. The number of hydrogen-bond donors (Lipinski definition) is 2. The van der Waals surface area contributed by atoms with E-state index in [1.165, 1.54) is 0 Å². The molecule has 25 heavy (non-hydrogen) atoms. The highest BCUT2D eigenvalue weighted by Gasteiger charge is 2.29. The Labute approximate surface area is 146 Å². The molecule has 2 N–H and O–H groups in total. The number of ether oxygens (including phenoxy) is 1. The van der Waals surface area contributed by atoms with Crippen molar-refractivity contribution < 1.29 is 19.1 Å². The second-order valence-corrected chi connectivity index (χ2v) is 5.55. The summed E-state index contributed by atoms with van der Waals surface area (Å²) in [5, 5.41) is 2.57. The zero-order valence-corrected chi connectivity index (χ0v) is 14.6. The second kappa shape index (κ2) is 8.28. The van der Waals surface area contributed by atoms with Crippen LogP contribution in [0.2, 0.25) is 0 Å². The molecule has 6 nitrogen and oxygen atoms in total. The molecule has 2 aromatic rings. The fourth-order valence-corrected chi connectivity index (χ4v) is 2.58. The first-order valence-electron chi connectivity index (χ1n) is 8.28. The van der Waals surface area contributed by atoms with Crippen molar-refractivity contribution in [2.75, 3.05) is 13.2 Å². The van der Waals surface area contributed by atoms with Crippen LogP contribution in [0.25, 0.3) is 11.1 Å². The molecule has 6 heteroatoms. The molecule has 0 fully saturated rings. The average Bonchev–Trinajstić information content (AvgIpc) is 2.97. The molecular formula is C19H22N2O4. The van der Waals surface area contributed by atoms with E-state index in [9.17, 15) is 14.4 Å². The van der Waals surface area contributed by atoms with Gasteiger partial charge >= 0.3 is 5.97 Å². The van der Waals surface area contributed by atoms with Gasteiger partial charge in [0, 0.05) is 17.8 Å². The highest BCUT2D eigenvalue weighted by atomic mass is 16.5. The van der Waals surface area contributed by atoms with Crippen LogP contribution in [0.4, 0.5) is 0 Å². The molecule has 1 amide bonds. The van der Waals surface area contributed by atoms with E-state index in [4.69, 9.17) is 4.74 Å². The summed E-state index contributed by atoms with van der Waals surface area (Å²) in [6.07, 6.45) is 0.725. The zero-order chi connectivity index (χ0) is 18.4. The van der Waals surface area contributed by atoms with Crippen LogP contribution in [0.15, 0.2) is 30.3 Å². The molecule has 1 aromatic carbocycles. The number of aromatic amines is 1. The topological polar surface area (TPSA) is 88.3 Å². The van der Waals surface area contributed by atoms with Crippen LogP contribution >= 0.6 is 0 Å². The van der Waals surface area contributed by atoms with Gasteiger partial charge in [0.25, 0.3) is 11.7 Å². The molecule has 0 atom stereocenters. The van der Waals surface area contributed by atoms with Gasteiger partial charge in [-0.2, -0.15) is 0 Å². The first-order valence-corrected chi connectivity index (χ1v) is 8.28. The Morgan fingerprint density at radius 1 is 1.12 bits per heavy atom. The Morgan fingerprint density at radius 2 is 1.80 bits per heavy atom. The fraction of sp³-hybridized carbons (Fsp3) is 0.316. The van der Waals surface area contributed by atoms with Crippen molar-refractivity contribution in [3.63, 3.8) is 0 Å². The van der Waals surface area contributed by atoms with Gasteiger partial charge in [-0.1, -0.05) is 37.3 Å². The lowest BCUT2D eigenvalue weighted by atomic mass is 9.98. The number of Topliss-reactive ketones (excluding diaryl/α,β-unsaturated/α-hetero) is 1. The minimum absolute atomic E-state index is 0.0976. The van der Waals surface area contributed by atoms with Crippen molar-refractivity contribution in [3.8, 4) is 11.1 Å². The third-order valence-corrected chi connectivity index (χ3v) is 3.70. The molecule has 1 heterocycles. The van der Waals surface area contributed by atoms with Gasteiger partial charge in [-0.25, -0.2) is 4.79 Å². The maximum absolute atomic E-state index is 12.6. The highest BCUT2D eigenvalue weighted by Crippen LogP contribution is 2.31. The molecule has 132 valence electrons. The fourth-order valence-electron chi connectivity index (χ4n) is 2.58. The number of aromatic nitrogens is 1. The molecule has 0 aliphatic rings. The monoisotopic (exact) mass is 342 g/mol. The number of carbonyl (C=O) groups excluding carboxylic acids is 3. The quantitative estimate of drug-likeness (QED) is 0.460. The molecule has 0 saturated heterocycles. The Morgan fingerprint density at radius 3 is 2.40 bits per heavy atom. The summed E-state index contributed by atoms with van der Waals surface area (Å²) in [5.41, 5.74) is 1.93. The Balaban J connectivity index is 2.57. The maximum atomic E-state index is 12.6. The number of aryl methyl sites for hydroxylation is 1. The van der Waals surface area contributed by atoms with Crippen molar-refractivity contribution in [1.29, 1.82) is 0 Å². The van der Waals surface area contributed by atoms with Crippen molar-refractivity contribution in [2.45, 2.75) is 27.2 Å². The number of esters is 1. The van der Waals surface area contributed by atoms with E-state index in [2.05, 4.69) is 10.3 Å². The Kier molecular flexibility index (Phi) is 6.11. The van der Waals surface area contributed by atoms with E-state index in [0.29, 0.717) is 23.4 Å². The molecule has 1 aromatic heterocycles. The second-order valence-electron chi connectivity index (χ2n) is 5.55. The summed E-state index contributed by atoms with van der Waals surface area (Å²) in [7, 11) is 0. The SMILES string of the molecule is CCCNC(=O)C(=O)c1[nH]c(C)c(C(=O)OCC)c1-c1ccccc1. The van der Waals surface area contributed by atoms with Gasteiger partial charge in [0.15, 0.2) is 0 Å². The zero-order valence-electron chi connectivity index (χ0n) is 14.6. The molecule has 0 aliphatic carbocycles. The highest BCUT2D eigenvalue weighted by molar-refractivity contribution is 6.43. The van der Waals surface area contributed by atoms with E-state index in [1.807, 2.05) is 13.0 Å². The molecule has 0 unspecified atom stereocenters. The summed E-state index contributed by atoms with van der Waals surface area (Å²) in [4.78, 5) is 40.0. The summed E-state index contributed by atoms with van der Waals surface area (Å²) >= 11 is 0. The van der Waals surface area contributed by atoms with Crippen molar-refractivity contribution in [2.24, 2.45) is 0 Å². The van der Waals surface area contributed by atoms with Crippen molar-refractivity contribution >= 4 is 17.7 Å². The van der Waals surface area contributed by atoms with Crippen LogP contribution in [0.3, 0.4) is 0 Å². The van der Waals surface area contributed by atoms with Crippen LogP contribution in [-0.2, 0) is 9.53 Å². The molecule has 0 aliphatic heterocycles. The minimum atomic E-state index is -0.703. The summed E-state index contributed by atoms with van der Waals surface area (Å²) < 4.78 is 5.12. The average molecular weight is 342 g/mol. The lowest BCUT2D eigenvalue weighted by Crippen LogP contribution is -2.32. The maximum Gasteiger partial charge on any atom is 0.340 e. The smallest absolute Gasteiger partial charge is 0.340 e. The van der Waals surface area contributed by atoms with E-state index in [-0.39, 0.29) is 17.9 Å². The largest absolute Gasteiger partial charge is 0.462 e. The third kappa shape index (κ3) is 3.96. The lowest BCUT2D eigenvalue weighted by Gasteiger charge is -2.08. The number of rotatable bonds is 7. The van der Waals surface area contributed by atoms with Gasteiger partial charge in [-0.15, -0.1) is 0 Å². The molecule has 0 saturated carbocycles. The number of H-pyrrole nitrogens is 1. The van der Waals surface area contributed by atoms with Crippen LogP contribution in [0.1, 0.15) is 46.8 Å². The van der Waals surface area contributed by atoms with E-state index in [1.54, 1.807) is 38.1 Å². The first-order chi connectivity index (χ1) is 12.0. The van der Waals surface area contributed by atoms with Crippen LogP contribution in [0, 0.1) is 6.92 Å². The first kappa shape index (κ1) is 18.4. The summed E-state index contributed by atoms with van der Waals surface area (Å²) in [6, 6.07) is 9.01. The standard InChI is InChI=1S/C19H22N2O4/c1-4-11-20-18(23)17(22)16-15(13-9-7-6-8-10-13)14(12(3)21-16)19(24)25-5-2/h6-10,21H,4-5,11H2,1-3H3,(H,20,23). The van der Waals surface area contributed by atoms with Crippen LogP contribution < -0.4 is 5.32 Å². The van der Waals surface area contributed by atoms with Crippen molar-refractivity contribution in [1.82, 2.24) is 10.3 Å².